The van der Waals surface area contributed by atoms with E-state index >= 15 is 0 Å². The standard InChI is InChI=1S/C19H19N3O2S/c1-24-17-7-4-6-15(11-17)21-18(23)12-16-13-25-19(22-16)9-8-14-5-2-3-10-20-14/h2-7,10-11,13H,8-9,12H2,1H3,(H,21,23). The van der Waals surface area contributed by atoms with Crippen molar-refractivity contribution in [2.75, 3.05) is 12.4 Å². The molecule has 0 saturated carbocycles. The molecule has 0 aliphatic rings. The highest BCUT2D eigenvalue weighted by Gasteiger charge is 2.09. The molecule has 0 atom stereocenters. The van der Waals surface area contributed by atoms with Gasteiger partial charge in [0.1, 0.15) is 5.75 Å². The van der Waals surface area contributed by atoms with Crippen LogP contribution in [0.1, 0.15) is 16.4 Å². The van der Waals surface area contributed by atoms with Gasteiger partial charge in [-0.1, -0.05) is 12.1 Å². The zero-order valence-electron chi connectivity index (χ0n) is 13.9. The molecule has 1 amide bonds. The van der Waals surface area contributed by atoms with Crippen molar-refractivity contribution in [3.05, 3.63) is 70.4 Å². The Kier molecular flexibility index (Phi) is 5.74. The van der Waals surface area contributed by atoms with E-state index in [1.54, 1.807) is 30.7 Å². The molecule has 0 radical (unpaired) electrons. The maximum Gasteiger partial charge on any atom is 0.230 e. The van der Waals surface area contributed by atoms with Crippen LogP contribution in [0.2, 0.25) is 0 Å². The van der Waals surface area contributed by atoms with E-state index in [4.69, 9.17) is 4.74 Å². The predicted molar refractivity (Wildman–Crippen MR) is 99.1 cm³/mol. The van der Waals surface area contributed by atoms with Crippen LogP contribution in [0.25, 0.3) is 0 Å². The molecular weight excluding hydrogens is 334 g/mol. The molecule has 0 fully saturated rings. The molecule has 6 heteroatoms. The van der Waals surface area contributed by atoms with Gasteiger partial charge < -0.3 is 10.1 Å². The van der Waals surface area contributed by atoms with Crippen LogP contribution >= 0.6 is 11.3 Å². The zero-order chi connectivity index (χ0) is 17.5. The largest absolute Gasteiger partial charge is 0.497 e. The number of carbonyl (C=O) groups excluding carboxylic acids is 1. The number of methoxy groups -OCH3 is 1. The summed E-state index contributed by atoms with van der Waals surface area (Å²) < 4.78 is 5.15. The molecule has 3 rings (SSSR count). The number of thiazole rings is 1. The quantitative estimate of drug-likeness (QED) is 0.706. The smallest absolute Gasteiger partial charge is 0.230 e. The van der Waals surface area contributed by atoms with Gasteiger partial charge in [-0.3, -0.25) is 9.78 Å². The minimum atomic E-state index is -0.0881. The van der Waals surface area contributed by atoms with Gasteiger partial charge in [0.25, 0.3) is 0 Å². The number of pyridine rings is 1. The number of rotatable bonds is 7. The lowest BCUT2D eigenvalue weighted by Crippen LogP contribution is -2.14. The molecule has 128 valence electrons. The zero-order valence-corrected chi connectivity index (χ0v) is 14.8. The average molecular weight is 353 g/mol. The van der Waals surface area contributed by atoms with Gasteiger partial charge in [-0.15, -0.1) is 11.3 Å². The van der Waals surface area contributed by atoms with Crippen LogP contribution in [0.4, 0.5) is 5.69 Å². The van der Waals surface area contributed by atoms with E-state index in [9.17, 15) is 4.79 Å². The Morgan fingerprint density at radius 2 is 2.08 bits per heavy atom. The molecule has 5 nitrogen and oxygen atoms in total. The van der Waals surface area contributed by atoms with Crippen LogP contribution < -0.4 is 10.1 Å². The fourth-order valence-corrected chi connectivity index (χ4v) is 3.19. The fourth-order valence-electron chi connectivity index (χ4n) is 2.40. The summed E-state index contributed by atoms with van der Waals surface area (Å²) >= 11 is 1.58. The molecule has 0 aliphatic carbocycles. The molecule has 2 heterocycles. The Morgan fingerprint density at radius 3 is 2.88 bits per heavy atom. The highest BCUT2D eigenvalue weighted by atomic mass is 32.1. The van der Waals surface area contributed by atoms with E-state index in [0.29, 0.717) is 5.75 Å². The molecule has 0 saturated heterocycles. The second-order valence-corrected chi connectivity index (χ2v) is 6.45. The van der Waals surface area contributed by atoms with Crippen molar-refractivity contribution in [3.63, 3.8) is 0 Å². The number of nitrogens with one attached hydrogen (secondary N) is 1. The molecule has 1 N–H and O–H groups in total. The summed E-state index contributed by atoms with van der Waals surface area (Å²) in [7, 11) is 1.60. The van der Waals surface area contributed by atoms with Gasteiger partial charge in [0.15, 0.2) is 0 Å². The first-order valence-electron chi connectivity index (χ1n) is 8.00. The second-order valence-electron chi connectivity index (χ2n) is 5.51. The minimum Gasteiger partial charge on any atom is -0.497 e. The number of ether oxygens (including phenoxy) is 1. The van der Waals surface area contributed by atoms with Crippen molar-refractivity contribution >= 4 is 22.9 Å². The number of benzene rings is 1. The van der Waals surface area contributed by atoms with Gasteiger partial charge >= 0.3 is 0 Å². The SMILES string of the molecule is COc1cccc(NC(=O)Cc2csc(CCc3ccccn3)n2)c1. The third-order valence-corrected chi connectivity index (χ3v) is 4.57. The first-order chi connectivity index (χ1) is 12.2. The Morgan fingerprint density at radius 1 is 1.16 bits per heavy atom. The highest BCUT2D eigenvalue weighted by molar-refractivity contribution is 7.09. The molecular formula is C19H19N3O2S. The Balaban J connectivity index is 1.52. The number of amides is 1. The van der Waals surface area contributed by atoms with Gasteiger partial charge in [0, 0.05) is 35.4 Å². The van der Waals surface area contributed by atoms with E-state index in [1.165, 1.54) is 0 Å². The van der Waals surface area contributed by atoms with E-state index < -0.39 is 0 Å². The maximum absolute atomic E-state index is 12.2. The number of anilines is 1. The first kappa shape index (κ1) is 17.1. The van der Waals surface area contributed by atoms with Crippen molar-refractivity contribution in [1.82, 2.24) is 9.97 Å². The molecule has 0 unspecified atom stereocenters. The molecule has 25 heavy (non-hydrogen) atoms. The Bertz CT molecular complexity index is 833. The van der Waals surface area contributed by atoms with Gasteiger partial charge in [-0.25, -0.2) is 4.98 Å². The van der Waals surface area contributed by atoms with E-state index in [1.807, 2.05) is 41.8 Å². The number of aryl methyl sites for hydroxylation is 2. The highest BCUT2D eigenvalue weighted by Crippen LogP contribution is 2.18. The summed E-state index contributed by atoms with van der Waals surface area (Å²) in [5.74, 6) is 0.623. The summed E-state index contributed by atoms with van der Waals surface area (Å²) in [4.78, 5) is 21.0. The first-order valence-corrected chi connectivity index (χ1v) is 8.88. The fraction of sp³-hybridized carbons (Fsp3) is 0.211. The summed E-state index contributed by atoms with van der Waals surface area (Å²) in [6, 6.07) is 13.2. The van der Waals surface area contributed by atoms with Crippen LogP contribution in [-0.4, -0.2) is 23.0 Å². The van der Waals surface area contributed by atoms with Crippen LogP contribution in [-0.2, 0) is 24.1 Å². The van der Waals surface area contributed by atoms with Crippen molar-refractivity contribution in [2.45, 2.75) is 19.3 Å². The number of nitrogens with zero attached hydrogens (tertiary/aromatic N) is 2. The lowest BCUT2D eigenvalue weighted by molar-refractivity contribution is -0.115. The lowest BCUT2D eigenvalue weighted by Gasteiger charge is -2.06. The van der Waals surface area contributed by atoms with Gasteiger partial charge in [-0.2, -0.15) is 0 Å². The number of hydrogen-bond acceptors (Lipinski definition) is 5. The van der Waals surface area contributed by atoms with Gasteiger partial charge in [0.2, 0.25) is 5.91 Å². The summed E-state index contributed by atoms with van der Waals surface area (Å²) in [5, 5.41) is 5.83. The third kappa shape index (κ3) is 5.12. The van der Waals surface area contributed by atoms with Crippen LogP contribution in [0.5, 0.6) is 5.75 Å². The molecule has 0 bridgehead atoms. The Labute approximate surface area is 150 Å². The van der Waals surface area contributed by atoms with Crippen molar-refractivity contribution in [2.24, 2.45) is 0 Å². The maximum atomic E-state index is 12.2. The van der Waals surface area contributed by atoms with Crippen molar-refractivity contribution in [3.8, 4) is 5.75 Å². The van der Waals surface area contributed by atoms with Gasteiger partial charge in [-0.05, 0) is 30.7 Å². The Hall–Kier alpha value is -2.73. The van der Waals surface area contributed by atoms with E-state index in [-0.39, 0.29) is 12.3 Å². The van der Waals surface area contributed by atoms with Crippen molar-refractivity contribution < 1.29 is 9.53 Å². The summed E-state index contributed by atoms with van der Waals surface area (Å²) in [5.41, 5.74) is 2.56. The summed E-state index contributed by atoms with van der Waals surface area (Å²) in [6.07, 6.45) is 3.74. The van der Waals surface area contributed by atoms with Gasteiger partial charge in [0.05, 0.1) is 24.2 Å². The molecule has 2 aromatic heterocycles. The summed E-state index contributed by atoms with van der Waals surface area (Å²) in [6.45, 7) is 0. The second kappa shape index (κ2) is 8.39. The van der Waals surface area contributed by atoms with Crippen LogP contribution in [0.15, 0.2) is 54.0 Å². The third-order valence-electron chi connectivity index (χ3n) is 3.62. The molecule has 0 aliphatic heterocycles. The topological polar surface area (TPSA) is 64.1 Å². The molecule has 3 aromatic rings. The molecule has 0 spiro atoms. The molecule has 1 aromatic carbocycles. The lowest BCUT2D eigenvalue weighted by atomic mass is 10.2. The number of carbonyl (C=O) groups is 1. The minimum absolute atomic E-state index is 0.0881. The normalized spacial score (nSPS) is 10.4. The number of hydrogen-bond donors (Lipinski definition) is 1. The predicted octanol–water partition coefficient (Wildman–Crippen LogP) is 3.51. The monoisotopic (exact) mass is 353 g/mol. The van der Waals surface area contributed by atoms with Crippen LogP contribution in [0.3, 0.4) is 0 Å². The van der Waals surface area contributed by atoms with Crippen molar-refractivity contribution in [1.29, 1.82) is 0 Å². The van der Waals surface area contributed by atoms with E-state index in [0.717, 1.165) is 34.9 Å². The number of aromatic nitrogens is 2. The van der Waals surface area contributed by atoms with Crippen LogP contribution in [0, 0.1) is 0 Å². The van der Waals surface area contributed by atoms with E-state index in [2.05, 4.69) is 15.3 Å². The average Bonchev–Trinajstić information content (AvgIpc) is 3.08.